The topological polar surface area (TPSA) is 226 Å². The number of unbranched alkanes of at least 4 members (excludes halogenated alkanes) is 1. The van der Waals surface area contributed by atoms with E-state index < -0.39 is 47.1 Å². The highest BCUT2D eigenvalue weighted by molar-refractivity contribution is 5.89. The Bertz CT molecular complexity index is 1260. The van der Waals surface area contributed by atoms with Gasteiger partial charge >= 0.3 is 18.2 Å². The van der Waals surface area contributed by atoms with Crippen molar-refractivity contribution in [3.05, 3.63) is 81.9 Å². The maximum Gasteiger partial charge on any atom is 0.408 e. The number of amides is 3. The van der Waals surface area contributed by atoms with Gasteiger partial charge < -0.3 is 35.9 Å². The number of alkyl carbamates (subject to hydrolysis) is 2. The van der Waals surface area contributed by atoms with E-state index in [2.05, 4.69) is 20.9 Å². The third kappa shape index (κ3) is 15.6. The lowest BCUT2D eigenvalue weighted by atomic mass is 10.1. The Kier molecular flexibility index (Phi) is 16.3. The number of hydrazine groups is 1. The molecule has 0 saturated carbocycles. The van der Waals surface area contributed by atoms with Crippen molar-refractivity contribution < 1.29 is 38.4 Å². The van der Waals surface area contributed by atoms with Gasteiger partial charge in [0, 0.05) is 13.1 Å². The third-order valence-corrected chi connectivity index (χ3v) is 6.16. The van der Waals surface area contributed by atoms with Crippen molar-refractivity contribution in [2.45, 2.75) is 57.4 Å². The quantitative estimate of drug-likeness (QED) is 0.0304. The average molecular weight is 630 g/mol. The number of benzene rings is 2. The number of carbonyl (C=O) groups excluding carboxylic acids is 4. The summed E-state index contributed by atoms with van der Waals surface area (Å²) in [6, 6.07) is 16.0. The molecule has 0 aliphatic carbocycles. The molecule has 45 heavy (non-hydrogen) atoms. The van der Waals surface area contributed by atoms with Gasteiger partial charge in [-0.05, 0) is 43.2 Å². The van der Waals surface area contributed by atoms with Gasteiger partial charge in [-0.25, -0.2) is 29.5 Å². The first-order chi connectivity index (χ1) is 21.7. The molecule has 3 amide bonds. The zero-order valence-corrected chi connectivity index (χ0v) is 24.9. The summed E-state index contributed by atoms with van der Waals surface area (Å²) in [6.45, 7) is 0.404. The molecule has 6 N–H and O–H groups in total. The normalized spacial score (nSPS) is 12.2. The summed E-state index contributed by atoms with van der Waals surface area (Å²) in [5.74, 6) is -1.79. The summed E-state index contributed by atoms with van der Waals surface area (Å²) in [7, 11) is 1.16. The maximum absolute atomic E-state index is 13.2. The van der Waals surface area contributed by atoms with Gasteiger partial charge in [-0.3, -0.25) is 4.79 Å². The Balaban J connectivity index is 1.92. The van der Waals surface area contributed by atoms with Crippen molar-refractivity contribution >= 4 is 30.0 Å². The molecule has 2 aromatic rings. The predicted molar refractivity (Wildman–Crippen MR) is 162 cm³/mol. The Morgan fingerprint density at radius 3 is 2.00 bits per heavy atom. The van der Waals surface area contributed by atoms with E-state index in [1.165, 1.54) is 0 Å². The second-order valence-corrected chi connectivity index (χ2v) is 9.61. The van der Waals surface area contributed by atoms with Crippen LogP contribution in [0.1, 0.15) is 43.2 Å². The molecule has 0 aliphatic heterocycles. The number of carbonyl (C=O) groups is 4. The number of methoxy groups -OCH3 is 1. The molecule has 0 saturated heterocycles. The van der Waals surface area contributed by atoms with Gasteiger partial charge in [0.05, 0.1) is 7.11 Å². The summed E-state index contributed by atoms with van der Waals surface area (Å²) in [4.78, 5) is 64.4. The van der Waals surface area contributed by atoms with Gasteiger partial charge in [0.15, 0.2) is 5.03 Å². The smallest absolute Gasteiger partial charge is 0.408 e. The third-order valence-electron chi connectivity index (χ3n) is 6.16. The molecule has 0 unspecified atom stereocenters. The molecule has 0 spiro atoms. The summed E-state index contributed by atoms with van der Waals surface area (Å²) in [5, 5.41) is 17.3. The summed E-state index contributed by atoms with van der Waals surface area (Å²) in [5.41, 5.74) is 8.69. The van der Waals surface area contributed by atoms with Crippen LogP contribution in [0, 0.1) is 10.1 Å². The number of rotatable bonds is 18. The molecule has 2 atom stereocenters. The van der Waals surface area contributed by atoms with Crippen LogP contribution in [0.25, 0.3) is 0 Å². The largest absolute Gasteiger partial charge is 0.467 e. The van der Waals surface area contributed by atoms with Crippen molar-refractivity contribution in [3.8, 4) is 0 Å². The standard InChI is InChI=1S/C29H39N7O9/c1-43-26(38)24(16-10-18-31-27(30)35-36(41)42)33-25(37)23(34-29(40)45-20-22-13-6-3-7-14-22)15-8-9-17-32-28(39)44-19-21-11-4-2-5-12-21/h2-7,11-14,23-24H,8-10,15-20H2,1H3,(H,32,39)(H,33,37)(H,34,40)(H3,30,31,35)/t23-,24-/m1/s1. The highest BCUT2D eigenvalue weighted by atomic mass is 16.7. The van der Waals surface area contributed by atoms with Crippen LogP contribution in [0.5, 0.6) is 0 Å². The van der Waals surface area contributed by atoms with Crippen molar-refractivity contribution in [2.75, 3.05) is 20.2 Å². The average Bonchev–Trinajstić information content (AvgIpc) is 3.03. The first-order valence-electron chi connectivity index (χ1n) is 14.2. The van der Waals surface area contributed by atoms with E-state index in [9.17, 15) is 29.3 Å². The molecule has 16 nitrogen and oxygen atoms in total. The minimum absolute atomic E-state index is 0.0181. The number of esters is 1. The Labute approximate surface area is 260 Å². The van der Waals surface area contributed by atoms with Crippen molar-refractivity contribution in [2.24, 2.45) is 10.7 Å². The van der Waals surface area contributed by atoms with Crippen LogP contribution < -0.4 is 27.1 Å². The Hall–Kier alpha value is -5.41. The van der Waals surface area contributed by atoms with Crippen molar-refractivity contribution in [1.82, 2.24) is 21.4 Å². The van der Waals surface area contributed by atoms with Crippen LogP contribution in [0.4, 0.5) is 9.59 Å². The van der Waals surface area contributed by atoms with Crippen LogP contribution in [-0.2, 0) is 37.0 Å². The molecule has 0 aromatic heterocycles. The number of guanidine groups is 1. The lowest BCUT2D eigenvalue weighted by molar-refractivity contribution is -0.525. The van der Waals surface area contributed by atoms with Crippen LogP contribution in [0.2, 0.25) is 0 Å². The van der Waals surface area contributed by atoms with Crippen molar-refractivity contribution in [3.63, 3.8) is 0 Å². The zero-order chi connectivity index (χ0) is 32.9. The maximum atomic E-state index is 13.2. The number of hydrogen-bond donors (Lipinski definition) is 5. The first-order valence-corrected chi connectivity index (χ1v) is 14.2. The fourth-order valence-corrected chi connectivity index (χ4v) is 3.90. The number of aliphatic imine (C=N–C) groups is 1. The monoisotopic (exact) mass is 629 g/mol. The minimum atomic E-state index is -1.09. The van der Waals surface area contributed by atoms with E-state index in [0.717, 1.165) is 18.2 Å². The lowest BCUT2D eigenvalue weighted by Gasteiger charge is -2.22. The van der Waals surface area contributed by atoms with Crippen molar-refractivity contribution in [1.29, 1.82) is 0 Å². The van der Waals surface area contributed by atoms with Gasteiger partial charge in [0.25, 0.3) is 5.96 Å². The fraction of sp³-hybridized carbons (Fsp3) is 0.414. The summed E-state index contributed by atoms with van der Waals surface area (Å²) < 4.78 is 15.2. The number of nitrogens with two attached hydrogens (primary N) is 1. The molecule has 244 valence electrons. The highest BCUT2D eigenvalue weighted by Gasteiger charge is 2.27. The van der Waals surface area contributed by atoms with Crippen LogP contribution in [0.3, 0.4) is 0 Å². The number of nitrogens with zero attached hydrogens (tertiary/aromatic N) is 2. The van der Waals surface area contributed by atoms with E-state index in [1.54, 1.807) is 29.7 Å². The molecular weight excluding hydrogens is 590 g/mol. The predicted octanol–water partition coefficient (Wildman–Crippen LogP) is 1.91. The molecular formula is C29H39N7O9. The number of ether oxygens (including phenoxy) is 3. The van der Waals surface area contributed by atoms with Gasteiger partial charge in [-0.1, -0.05) is 66.1 Å². The van der Waals surface area contributed by atoms with E-state index in [1.807, 2.05) is 36.4 Å². The molecule has 2 aromatic carbocycles. The zero-order valence-electron chi connectivity index (χ0n) is 24.9. The molecule has 2 rings (SSSR count). The van der Waals surface area contributed by atoms with E-state index >= 15 is 0 Å². The molecule has 16 heteroatoms. The second-order valence-electron chi connectivity index (χ2n) is 9.61. The summed E-state index contributed by atoms with van der Waals surface area (Å²) in [6.07, 6.45) is -0.0819. The first kappa shape index (κ1) is 35.8. The molecule has 0 aliphatic rings. The number of nitrogens with one attached hydrogen (secondary N) is 4. The van der Waals surface area contributed by atoms with Crippen LogP contribution in [0.15, 0.2) is 65.7 Å². The number of hydrogen-bond acceptors (Lipinski definition) is 10. The molecule has 0 fully saturated rings. The number of nitro groups is 1. The highest BCUT2D eigenvalue weighted by Crippen LogP contribution is 2.07. The van der Waals surface area contributed by atoms with Gasteiger partial charge in [-0.15, -0.1) is 0 Å². The van der Waals surface area contributed by atoms with E-state index in [-0.39, 0.29) is 45.6 Å². The van der Waals surface area contributed by atoms with Gasteiger partial charge in [0.2, 0.25) is 5.91 Å². The lowest BCUT2D eigenvalue weighted by Crippen LogP contribution is -2.52. The molecule has 0 radical (unpaired) electrons. The van der Waals surface area contributed by atoms with E-state index in [4.69, 9.17) is 19.9 Å². The minimum Gasteiger partial charge on any atom is -0.467 e. The molecule has 0 bridgehead atoms. The molecule has 0 heterocycles. The Morgan fingerprint density at radius 2 is 1.42 bits per heavy atom. The fourth-order valence-electron chi connectivity index (χ4n) is 3.90. The van der Waals surface area contributed by atoms with Crippen LogP contribution in [-0.4, -0.2) is 67.3 Å². The SMILES string of the molecule is COC(=O)[C@@H](CCCN=C(N)N[N+](=O)[O-])NC(=O)[C@@H](CCCCNC(=O)OCc1ccccc1)NC(=O)OCc1ccccc1. The van der Waals surface area contributed by atoms with Gasteiger partial charge in [0.1, 0.15) is 25.3 Å². The summed E-state index contributed by atoms with van der Waals surface area (Å²) >= 11 is 0. The van der Waals surface area contributed by atoms with E-state index in [0.29, 0.717) is 12.8 Å². The van der Waals surface area contributed by atoms with Gasteiger partial charge in [-0.2, -0.15) is 0 Å². The second kappa shape index (κ2) is 20.5. The van der Waals surface area contributed by atoms with Crippen LogP contribution >= 0.6 is 0 Å². The Morgan fingerprint density at radius 1 is 0.844 bits per heavy atom.